The first kappa shape index (κ1) is 19.2. The normalized spacial score (nSPS) is 15.4. The average Bonchev–Trinajstić information content (AvgIpc) is 3.27. The van der Waals surface area contributed by atoms with E-state index in [1.807, 2.05) is 0 Å². The number of pyridine rings is 1. The molecule has 3 aromatic rings. The van der Waals surface area contributed by atoms with Crippen molar-refractivity contribution < 1.29 is 13.6 Å². The molecule has 0 spiro atoms. The molecule has 1 amide bonds. The highest BCUT2D eigenvalue weighted by Gasteiger charge is 2.21. The number of halogens is 2. The zero-order valence-corrected chi connectivity index (χ0v) is 15.8. The van der Waals surface area contributed by atoms with E-state index in [4.69, 9.17) is 0 Å². The number of imidazole rings is 1. The number of aromatic nitrogens is 3. The Kier molecular flexibility index (Phi) is 5.62. The minimum absolute atomic E-state index is 0.0806. The Labute approximate surface area is 167 Å². The number of piperidine rings is 1. The predicted molar refractivity (Wildman–Crippen MR) is 103 cm³/mol. The van der Waals surface area contributed by atoms with Crippen LogP contribution >= 0.6 is 0 Å². The van der Waals surface area contributed by atoms with Gasteiger partial charge >= 0.3 is 0 Å². The summed E-state index contributed by atoms with van der Waals surface area (Å²) in [6, 6.07) is 7.61. The van der Waals surface area contributed by atoms with Crippen molar-refractivity contribution in [3.05, 3.63) is 78.0 Å². The smallest absolute Gasteiger partial charge is 0.253 e. The van der Waals surface area contributed by atoms with Gasteiger partial charge in [0.2, 0.25) is 0 Å². The van der Waals surface area contributed by atoms with Crippen molar-refractivity contribution in [1.82, 2.24) is 24.8 Å². The maximum Gasteiger partial charge on any atom is 0.253 e. The van der Waals surface area contributed by atoms with Crippen molar-refractivity contribution >= 4 is 5.91 Å². The van der Waals surface area contributed by atoms with Crippen LogP contribution in [0.2, 0.25) is 0 Å². The molecule has 29 heavy (non-hydrogen) atoms. The molecule has 4 rings (SSSR count). The van der Waals surface area contributed by atoms with Gasteiger partial charge in [0.15, 0.2) is 11.6 Å². The van der Waals surface area contributed by atoms with E-state index in [-0.39, 0.29) is 11.9 Å². The van der Waals surface area contributed by atoms with Gasteiger partial charge < -0.3 is 5.32 Å². The van der Waals surface area contributed by atoms with Crippen LogP contribution in [-0.2, 0) is 6.54 Å². The molecule has 1 N–H and O–H groups in total. The maximum atomic E-state index is 13.4. The highest BCUT2D eigenvalue weighted by atomic mass is 19.2. The summed E-state index contributed by atoms with van der Waals surface area (Å²) in [7, 11) is 0. The van der Waals surface area contributed by atoms with Gasteiger partial charge in [-0.3, -0.25) is 14.3 Å². The fraction of sp³-hybridized carbons (Fsp3) is 0.286. The molecule has 1 fully saturated rings. The van der Waals surface area contributed by atoms with Crippen molar-refractivity contribution in [3.63, 3.8) is 0 Å². The topological polar surface area (TPSA) is 63.1 Å². The second-order valence-electron chi connectivity index (χ2n) is 7.15. The number of hydrogen-bond donors (Lipinski definition) is 1. The number of carbonyl (C=O) groups is 1. The van der Waals surface area contributed by atoms with Gasteiger partial charge in [-0.1, -0.05) is 6.07 Å². The summed E-state index contributed by atoms with van der Waals surface area (Å²) in [5.41, 5.74) is 1.26. The first-order valence-electron chi connectivity index (χ1n) is 9.50. The molecule has 0 atom stereocenters. The molecule has 150 valence electrons. The number of amides is 1. The number of benzene rings is 1. The number of likely N-dealkylation sites (tertiary alicyclic amines) is 1. The number of nitrogens with zero attached hydrogens (tertiary/aromatic N) is 4. The minimum Gasteiger partial charge on any atom is -0.349 e. The number of rotatable bonds is 5. The lowest BCUT2D eigenvalue weighted by Crippen LogP contribution is -2.44. The lowest BCUT2D eigenvalue weighted by Gasteiger charge is -2.32. The number of hydrogen-bond acceptors (Lipinski definition) is 4. The molecule has 0 aliphatic carbocycles. The van der Waals surface area contributed by atoms with Crippen LogP contribution < -0.4 is 5.32 Å². The Balaban J connectivity index is 1.28. The standard InChI is InChI=1S/C21H21F2N5O/c22-18-3-1-15(11-19(18)23)13-27-8-5-17(6-9-27)26-21(29)16-2-4-20(25-12-16)28-10-7-24-14-28/h1-4,7,10-12,14,17H,5-6,8-9,13H2,(H,26,29). The fourth-order valence-electron chi connectivity index (χ4n) is 3.47. The van der Waals surface area contributed by atoms with Crippen LogP contribution in [0.15, 0.2) is 55.2 Å². The molecule has 3 heterocycles. The van der Waals surface area contributed by atoms with Gasteiger partial charge in [-0.25, -0.2) is 18.7 Å². The molecule has 0 bridgehead atoms. The molecule has 0 unspecified atom stereocenters. The first-order valence-corrected chi connectivity index (χ1v) is 9.50. The second-order valence-corrected chi connectivity index (χ2v) is 7.15. The molecular weight excluding hydrogens is 376 g/mol. The average molecular weight is 397 g/mol. The molecule has 1 aromatic carbocycles. The van der Waals surface area contributed by atoms with E-state index < -0.39 is 11.6 Å². The monoisotopic (exact) mass is 397 g/mol. The third kappa shape index (κ3) is 4.65. The molecule has 8 heteroatoms. The third-order valence-corrected chi connectivity index (χ3v) is 5.09. The molecular formula is C21H21F2N5O. The van der Waals surface area contributed by atoms with Crippen molar-refractivity contribution in [2.45, 2.75) is 25.4 Å². The minimum atomic E-state index is -0.831. The summed E-state index contributed by atoms with van der Waals surface area (Å²) in [5, 5.41) is 3.06. The Hall–Kier alpha value is -3.13. The Bertz CT molecular complexity index is 967. The van der Waals surface area contributed by atoms with Gasteiger partial charge in [0.05, 0.1) is 5.56 Å². The molecule has 0 saturated carbocycles. The Morgan fingerprint density at radius 2 is 1.97 bits per heavy atom. The van der Waals surface area contributed by atoms with Gasteiger partial charge in [-0.2, -0.15) is 0 Å². The van der Waals surface area contributed by atoms with Gasteiger partial charge in [0.1, 0.15) is 12.1 Å². The van der Waals surface area contributed by atoms with E-state index in [9.17, 15) is 13.6 Å². The lowest BCUT2D eigenvalue weighted by atomic mass is 10.0. The maximum absolute atomic E-state index is 13.4. The van der Waals surface area contributed by atoms with E-state index in [0.717, 1.165) is 37.6 Å². The summed E-state index contributed by atoms with van der Waals surface area (Å²) in [6.45, 7) is 2.13. The highest BCUT2D eigenvalue weighted by molar-refractivity contribution is 5.94. The van der Waals surface area contributed by atoms with Gasteiger partial charge in [-0.15, -0.1) is 0 Å². The van der Waals surface area contributed by atoms with Crippen molar-refractivity contribution in [2.75, 3.05) is 13.1 Å². The van der Waals surface area contributed by atoms with Crippen LogP contribution in [0.25, 0.3) is 5.82 Å². The largest absolute Gasteiger partial charge is 0.349 e. The lowest BCUT2D eigenvalue weighted by molar-refractivity contribution is 0.0908. The number of nitrogens with one attached hydrogen (secondary N) is 1. The molecule has 2 aromatic heterocycles. The van der Waals surface area contributed by atoms with Crippen LogP contribution in [0, 0.1) is 11.6 Å². The highest BCUT2D eigenvalue weighted by Crippen LogP contribution is 2.16. The third-order valence-electron chi connectivity index (χ3n) is 5.09. The predicted octanol–water partition coefficient (Wildman–Crippen LogP) is 2.94. The van der Waals surface area contributed by atoms with Crippen LogP contribution in [0.5, 0.6) is 0 Å². The van der Waals surface area contributed by atoms with E-state index in [0.29, 0.717) is 17.9 Å². The molecule has 1 aliphatic rings. The zero-order chi connectivity index (χ0) is 20.2. The van der Waals surface area contributed by atoms with Gasteiger partial charge in [-0.05, 0) is 42.7 Å². The fourth-order valence-corrected chi connectivity index (χ4v) is 3.47. The summed E-state index contributed by atoms with van der Waals surface area (Å²) in [5.74, 6) is -1.10. The number of carbonyl (C=O) groups excluding carboxylic acids is 1. The van der Waals surface area contributed by atoms with Crippen molar-refractivity contribution in [2.24, 2.45) is 0 Å². The van der Waals surface area contributed by atoms with E-state index in [2.05, 4.69) is 20.2 Å². The van der Waals surface area contributed by atoms with E-state index in [1.54, 1.807) is 47.7 Å². The molecule has 0 radical (unpaired) electrons. The summed E-state index contributed by atoms with van der Waals surface area (Å²) in [6.07, 6.45) is 8.27. The SMILES string of the molecule is O=C(NC1CCN(Cc2ccc(F)c(F)c2)CC1)c1ccc(-n2ccnc2)nc1. The molecule has 1 saturated heterocycles. The Morgan fingerprint density at radius 1 is 1.14 bits per heavy atom. The quantitative estimate of drug-likeness (QED) is 0.719. The molecule has 1 aliphatic heterocycles. The Morgan fingerprint density at radius 3 is 2.62 bits per heavy atom. The summed E-state index contributed by atoms with van der Waals surface area (Å²) < 4.78 is 28.2. The second kappa shape index (κ2) is 8.48. The molecule has 6 nitrogen and oxygen atoms in total. The van der Waals surface area contributed by atoms with Crippen LogP contribution in [0.3, 0.4) is 0 Å². The van der Waals surface area contributed by atoms with Crippen LogP contribution in [0.1, 0.15) is 28.8 Å². The first-order chi connectivity index (χ1) is 14.1. The zero-order valence-electron chi connectivity index (χ0n) is 15.8. The summed E-state index contributed by atoms with van der Waals surface area (Å²) >= 11 is 0. The van der Waals surface area contributed by atoms with Crippen LogP contribution in [-0.4, -0.2) is 44.5 Å². The van der Waals surface area contributed by atoms with Crippen LogP contribution in [0.4, 0.5) is 8.78 Å². The van der Waals surface area contributed by atoms with Crippen molar-refractivity contribution in [1.29, 1.82) is 0 Å². The van der Waals surface area contributed by atoms with Gasteiger partial charge in [0.25, 0.3) is 5.91 Å². The van der Waals surface area contributed by atoms with E-state index >= 15 is 0 Å². The summed E-state index contributed by atoms with van der Waals surface area (Å²) in [4.78, 5) is 23.0. The van der Waals surface area contributed by atoms with Crippen molar-refractivity contribution in [3.8, 4) is 5.82 Å². The van der Waals surface area contributed by atoms with E-state index in [1.165, 1.54) is 6.07 Å². The van der Waals surface area contributed by atoms with Gasteiger partial charge in [0, 0.05) is 44.3 Å².